The van der Waals surface area contributed by atoms with Crippen molar-refractivity contribution in [2.45, 2.75) is 0 Å². The Morgan fingerprint density at radius 2 is 2.21 bits per heavy atom. The Hall–Kier alpha value is -1.10. The maximum atomic E-state index is 11.6. The van der Waals surface area contributed by atoms with E-state index in [1.807, 2.05) is 12.1 Å². The fraction of sp³-hybridized carbons (Fsp3) is 0.333. The first-order valence-electron chi connectivity index (χ1n) is 4.32. The van der Waals surface area contributed by atoms with Crippen LogP contribution in [-0.4, -0.2) is 36.1 Å². The monoisotopic (exact) mass is 255 g/mol. The summed E-state index contributed by atoms with van der Waals surface area (Å²) in [5.41, 5.74) is 0. The van der Waals surface area contributed by atoms with Crippen LogP contribution in [0.2, 0.25) is 0 Å². The number of pyridine rings is 1. The lowest BCUT2D eigenvalue weighted by atomic mass is 10.4. The second-order valence-corrected chi connectivity index (χ2v) is 4.11. The Morgan fingerprint density at radius 1 is 1.43 bits per heavy atom. The van der Waals surface area contributed by atoms with Gasteiger partial charge in [-0.1, -0.05) is 0 Å². The summed E-state index contributed by atoms with van der Waals surface area (Å²) in [5.74, 6) is 0.711. The normalized spacial score (nSPS) is 16.6. The predicted molar refractivity (Wildman–Crippen MR) is 57.3 cm³/mol. The Balaban J connectivity index is 2.24. The van der Waals surface area contributed by atoms with Crippen molar-refractivity contribution in [1.82, 2.24) is 9.88 Å². The number of hydrogen-bond donors (Lipinski definition) is 0. The van der Waals surface area contributed by atoms with E-state index in [1.54, 1.807) is 23.0 Å². The molecule has 0 atom stereocenters. The highest BCUT2D eigenvalue weighted by Gasteiger charge is 2.27. The third-order valence-electron chi connectivity index (χ3n) is 2.20. The molecule has 2 rings (SSSR count). The standard InChI is InChI=1S/C9H10BrN3O/c1-12-4-5-13(9(12)14)8-3-2-7(10)6-11-8/h2-3,6H,4-5H2,1H3. The molecule has 1 fully saturated rings. The Morgan fingerprint density at radius 3 is 2.71 bits per heavy atom. The van der Waals surface area contributed by atoms with Crippen LogP contribution in [0.25, 0.3) is 0 Å². The number of hydrogen-bond acceptors (Lipinski definition) is 2. The molecular weight excluding hydrogens is 246 g/mol. The smallest absolute Gasteiger partial charge is 0.325 e. The number of urea groups is 1. The van der Waals surface area contributed by atoms with Gasteiger partial charge in [-0.05, 0) is 28.1 Å². The van der Waals surface area contributed by atoms with Crippen LogP contribution in [0, 0.1) is 0 Å². The van der Waals surface area contributed by atoms with Crippen molar-refractivity contribution in [2.75, 3.05) is 25.0 Å². The van der Waals surface area contributed by atoms with Crippen molar-refractivity contribution in [3.8, 4) is 0 Å². The van der Waals surface area contributed by atoms with Crippen LogP contribution < -0.4 is 4.90 Å². The minimum Gasteiger partial charge on any atom is -0.326 e. The fourth-order valence-corrected chi connectivity index (χ4v) is 1.62. The minimum atomic E-state index is 0.0137. The van der Waals surface area contributed by atoms with E-state index in [9.17, 15) is 4.79 Å². The van der Waals surface area contributed by atoms with Gasteiger partial charge in [0.25, 0.3) is 0 Å². The van der Waals surface area contributed by atoms with Gasteiger partial charge in [-0.25, -0.2) is 9.78 Å². The largest absolute Gasteiger partial charge is 0.326 e. The van der Waals surface area contributed by atoms with E-state index in [0.717, 1.165) is 11.0 Å². The van der Waals surface area contributed by atoms with Crippen LogP contribution in [0.15, 0.2) is 22.8 Å². The first kappa shape index (κ1) is 9.45. The zero-order valence-electron chi connectivity index (χ0n) is 7.77. The Kier molecular flexibility index (Phi) is 2.41. The van der Waals surface area contributed by atoms with E-state index in [2.05, 4.69) is 20.9 Å². The number of halogens is 1. The van der Waals surface area contributed by atoms with Gasteiger partial charge in [-0.2, -0.15) is 0 Å². The topological polar surface area (TPSA) is 36.4 Å². The molecule has 0 saturated carbocycles. The average Bonchev–Trinajstić information content (AvgIpc) is 2.50. The number of rotatable bonds is 1. The van der Waals surface area contributed by atoms with Crippen LogP contribution >= 0.6 is 15.9 Å². The minimum absolute atomic E-state index is 0.0137. The SMILES string of the molecule is CN1CCN(c2ccc(Br)cn2)C1=O. The lowest BCUT2D eigenvalue weighted by Crippen LogP contribution is -2.29. The molecule has 2 amide bonds. The molecule has 0 N–H and O–H groups in total. The van der Waals surface area contributed by atoms with E-state index >= 15 is 0 Å². The fourth-order valence-electron chi connectivity index (χ4n) is 1.39. The molecule has 5 heteroatoms. The van der Waals surface area contributed by atoms with Gasteiger partial charge in [0.15, 0.2) is 0 Å². The van der Waals surface area contributed by atoms with E-state index < -0.39 is 0 Å². The molecular formula is C9H10BrN3O. The summed E-state index contributed by atoms with van der Waals surface area (Å²) in [5, 5.41) is 0. The zero-order chi connectivity index (χ0) is 10.1. The van der Waals surface area contributed by atoms with Crippen LogP contribution in [-0.2, 0) is 0 Å². The quantitative estimate of drug-likeness (QED) is 0.767. The molecule has 1 aromatic heterocycles. The van der Waals surface area contributed by atoms with Crippen LogP contribution in [0.1, 0.15) is 0 Å². The number of anilines is 1. The molecule has 0 radical (unpaired) electrons. The maximum Gasteiger partial charge on any atom is 0.325 e. The molecule has 74 valence electrons. The highest BCUT2D eigenvalue weighted by molar-refractivity contribution is 9.10. The number of nitrogens with zero attached hydrogens (tertiary/aromatic N) is 3. The summed E-state index contributed by atoms with van der Waals surface area (Å²) in [6, 6.07) is 3.73. The molecule has 1 saturated heterocycles. The van der Waals surface area contributed by atoms with Crippen molar-refractivity contribution in [2.24, 2.45) is 0 Å². The summed E-state index contributed by atoms with van der Waals surface area (Å²) in [6.07, 6.45) is 1.70. The highest BCUT2D eigenvalue weighted by Crippen LogP contribution is 2.18. The first-order chi connectivity index (χ1) is 6.68. The summed E-state index contributed by atoms with van der Waals surface area (Å²) in [4.78, 5) is 19.1. The summed E-state index contributed by atoms with van der Waals surface area (Å²) in [7, 11) is 1.79. The second kappa shape index (κ2) is 3.57. The molecule has 2 heterocycles. The Bertz CT molecular complexity index is 352. The van der Waals surface area contributed by atoms with Gasteiger partial charge in [0.1, 0.15) is 5.82 Å². The van der Waals surface area contributed by atoms with Crippen LogP contribution in [0.5, 0.6) is 0 Å². The van der Waals surface area contributed by atoms with Crippen molar-refractivity contribution in [3.05, 3.63) is 22.8 Å². The molecule has 0 aliphatic carbocycles. The van der Waals surface area contributed by atoms with Crippen molar-refractivity contribution >= 4 is 27.8 Å². The van der Waals surface area contributed by atoms with Gasteiger partial charge in [0, 0.05) is 30.8 Å². The van der Waals surface area contributed by atoms with Crippen molar-refractivity contribution in [1.29, 1.82) is 0 Å². The molecule has 1 aromatic rings. The van der Waals surface area contributed by atoms with Gasteiger partial charge in [-0.15, -0.1) is 0 Å². The van der Waals surface area contributed by atoms with E-state index in [0.29, 0.717) is 12.4 Å². The number of aromatic nitrogens is 1. The third-order valence-corrected chi connectivity index (χ3v) is 2.67. The second-order valence-electron chi connectivity index (χ2n) is 3.19. The van der Waals surface area contributed by atoms with E-state index in [4.69, 9.17) is 0 Å². The van der Waals surface area contributed by atoms with Gasteiger partial charge in [0.05, 0.1) is 0 Å². The van der Waals surface area contributed by atoms with E-state index in [1.165, 1.54) is 0 Å². The van der Waals surface area contributed by atoms with Crippen molar-refractivity contribution < 1.29 is 4.79 Å². The van der Waals surface area contributed by atoms with Gasteiger partial charge in [0.2, 0.25) is 0 Å². The number of carbonyl (C=O) groups is 1. The lowest BCUT2D eigenvalue weighted by Gasteiger charge is -2.14. The molecule has 0 bridgehead atoms. The molecule has 1 aliphatic rings. The number of carbonyl (C=O) groups excluding carboxylic acids is 1. The van der Waals surface area contributed by atoms with Crippen molar-refractivity contribution in [3.63, 3.8) is 0 Å². The molecule has 4 nitrogen and oxygen atoms in total. The molecule has 14 heavy (non-hydrogen) atoms. The predicted octanol–water partition coefficient (Wildman–Crippen LogP) is 1.72. The Labute approximate surface area is 90.7 Å². The highest BCUT2D eigenvalue weighted by atomic mass is 79.9. The summed E-state index contributed by atoms with van der Waals surface area (Å²) >= 11 is 3.30. The van der Waals surface area contributed by atoms with Gasteiger partial charge < -0.3 is 4.90 Å². The average molecular weight is 256 g/mol. The van der Waals surface area contributed by atoms with Gasteiger partial charge >= 0.3 is 6.03 Å². The van der Waals surface area contributed by atoms with Crippen LogP contribution in [0.3, 0.4) is 0 Å². The maximum absolute atomic E-state index is 11.6. The summed E-state index contributed by atoms with van der Waals surface area (Å²) < 4.78 is 0.918. The van der Waals surface area contributed by atoms with Crippen LogP contribution in [0.4, 0.5) is 10.6 Å². The number of amides is 2. The molecule has 0 spiro atoms. The zero-order valence-corrected chi connectivity index (χ0v) is 9.36. The third kappa shape index (κ3) is 1.59. The molecule has 1 aliphatic heterocycles. The van der Waals surface area contributed by atoms with Gasteiger partial charge in [-0.3, -0.25) is 4.90 Å². The van der Waals surface area contributed by atoms with E-state index in [-0.39, 0.29) is 6.03 Å². The lowest BCUT2D eigenvalue weighted by molar-refractivity contribution is 0.229. The molecule has 0 unspecified atom stereocenters. The number of likely N-dealkylation sites (N-methyl/N-ethyl adjacent to an activating group) is 1. The summed E-state index contributed by atoms with van der Waals surface area (Å²) in [6.45, 7) is 1.47. The first-order valence-corrected chi connectivity index (χ1v) is 5.12. The molecule has 0 aromatic carbocycles.